The molecule has 0 fully saturated rings. The molecule has 2 rings (SSSR count). The maximum atomic E-state index is 10.9. The van der Waals surface area contributed by atoms with E-state index in [1.165, 1.54) is 11.8 Å². The molecule has 0 aliphatic carbocycles. The summed E-state index contributed by atoms with van der Waals surface area (Å²) in [5, 5.41) is 20.2. The van der Waals surface area contributed by atoms with Crippen molar-refractivity contribution < 1.29 is 14.6 Å². The number of tetrazole rings is 1. The molecule has 1 atom stereocenters. The van der Waals surface area contributed by atoms with E-state index in [0.29, 0.717) is 17.3 Å². The van der Waals surface area contributed by atoms with E-state index in [-0.39, 0.29) is 6.54 Å². The number of pyridine rings is 1. The summed E-state index contributed by atoms with van der Waals surface area (Å²) in [5.74, 6) is -0.677. The molecule has 0 amide bonds. The highest BCUT2D eigenvalue weighted by Gasteiger charge is 2.19. The number of methoxy groups -OCH3 is 1. The number of carboxylic acid groups (broad SMARTS) is 1. The normalized spacial score (nSPS) is 12.1. The summed E-state index contributed by atoms with van der Waals surface area (Å²) < 4.78 is 6.57. The van der Waals surface area contributed by atoms with Crippen molar-refractivity contribution in [3.8, 4) is 17.3 Å². The predicted octanol–water partition coefficient (Wildman–Crippen LogP) is 0.464. The number of nitrogens with zero attached hydrogens (tertiary/aromatic N) is 5. The van der Waals surface area contributed by atoms with Gasteiger partial charge in [-0.2, -0.15) is 0 Å². The zero-order valence-electron chi connectivity index (χ0n) is 10.5. The van der Waals surface area contributed by atoms with Gasteiger partial charge in [0.1, 0.15) is 0 Å². The van der Waals surface area contributed by atoms with E-state index in [1.54, 1.807) is 25.3 Å². The number of aromatic nitrogens is 5. The van der Waals surface area contributed by atoms with Crippen LogP contribution < -0.4 is 4.74 Å². The van der Waals surface area contributed by atoms with Crippen LogP contribution in [0.4, 0.5) is 0 Å². The van der Waals surface area contributed by atoms with E-state index in [0.717, 1.165) is 0 Å². The van der Waals surface area contributed by atoms with Gasteiger partial charge in [-0.15, -0.1) is 5.10 Å². The largest absolute Gasteiger partial charge is 0.481 e. The number of hydrogen-bond acceptors (Lipinski definition) is 6. The SMILES string of the molecule is COc1ncccc1-c1nnnn1CC(C)C(=O)O. The van der Waals surface area contributed by atoms with E-state index in [2.05, 4.69) is 20.5 Å². The second-order valence-electron chi connectivity index (χ2n) is 3.98. The molecular formula is C11H13N5O3. The second kappa shape index (κ2) is 5.42. The van der Waals surface area contributed by atoms with Gasteiger partial charge in [-0.3, -0.25) is 4.79 Å². The van der Waals surface area contributed by atoms with Crippen molar-refractivity contribution in [3.05, 3.63) is 18.3 Å². The summed E-state index contributed by atoms with van der Waals surface area (Å²) in [5.41, 5.74) is 0.618. The van der Waals surface area contributed by atoms with Crippen molar-refractivity contribution in [2.24, 2.45) is 5.92 Å². The summed E-state index contributed by atoms with van der Waals surface area (Å²) >= 11 is 0. The minimum atomic E-state index is -0.903. The average molecular weight is 263 g/mol. The Morgan fingerprint density at radius 3 is 3.05 bits per heavy atom. The Morgan fingerprint density at radius 2 is 2.37 bits per heavy atom. The molecule has 2 aromatic rings. The Balaban J connectivity index is 2.36. The lowest BCUT2D eigenvalue weighted by Crippen LogP contribution is -2.18. The number of ether oxygens (including phenoxy) is 1. The van der Waals surface area contributed by atoms with Crippen molar-refractivity contribution >= 4 is 5.97 Å². The molecule has 0 saturated heterocycles. The molecule has 0 radical (unpaired) electrons. The molecule has 0 saturated carbocycles. The monoisotopic (exact) mass is 263 g/mol. The molecule has 8 nitrogen and oxygen atoms in total. The highest BCUT2D eigenvalue weighted by atomic mass is 16.5. The van der Waals surface area contributed by atoms with Gasteiger partial charge in [0, 0.05) is 6.20 Å². The molecule has 0 aliphatic heterocycles. The van der Waals surface area contributed by atoms with Crippen LogP contribution in [-0.4, -0.2) is 43.4 Å². The van der Waals surface area contributed by atoms with Crippen molar-refractivity contribution in [2.45, 2.75) is 13.5 Å². The van der Waals surface area contributed by atoms with Gasteiger partial charge in [-0.25, -0.2) is 9.67 Å². The van der Waals surface area contributed by atoms with Gasteiger partial charge in [0.05, 0.1) is 25.1 Å². The van der Waals surface area contributed by atoms with Crippen LogP contribution in [0.3, 0.4) is 0 Å². The van der Waals surface area contributed by atoms with Crippen LogP contribution in [0.25, 0.3) is 11.4 Å². The molecule has 0 aromatic carbocycles. The zero-order valence-corrected chi connectivity index (χ0v) is 10.5. The van der Waals surface area contributed by atoms with Gasteiger partial charge in [0.2, 0.25) is 5.88 Å². The minimum Gasteiger partial charge on any atom is -0.481 e. The molecule has 8 heteroatoms. The van der Waals surface area contributed by atoms with E-state index >= 15 is 0 Å². The Hall–Kier alpha value is -2.51. The Morgan fingerprint density at radius 1 is 1.58 bits per heavy atom. The number of aliphatic carboxylic acids is 1. The smallest absolute Gasteiger partial charge is 0.308 e. The second-order valence-corrected chi connectivity index (χ2v) is 3.98. The van der Waals surface area contributed by atoms with Crippen LogP contribution >= 0.6 is 0 Å². The molecule has 2 aromatic heterocycles. The molecule has 0 spiro atoms. The molecule has 100 valence electrons. The van der Waals surface area contributed by atoms with Crippen LogP contribution in [0, 0.1) is 5.92 Å². The first-order chi connectivity index (χ1) is 9.13. The van der Waals surface area contributed by atoms with Crippen LogP contribution in [0.1, 0.15) is 6.92 Å². The molecule has 2 heterocycles. The third kappa shape index (κ3) is 2.67. The fraction of sp³-hybridized carbons (Fsp3) is 0.364. The van der Waals surface area contributed by atoms with Gasteiger partial charge >= 0.3 is 5.97 Å². The topological polar surface area (TPSA) is 103 Å². The lowest BCUT2D eigenvalue weighted by molar-refractivity contribution is -0.141. The van der Waals surface area contributed by atoms with Crippen molar-refractivity contribution in [1.82, 2.24) is 25.2 Å². The molecule has 19 heavy (non-hydrogen) atoms. The first-order valence-corrected chi connectivity index (χ1v) is 5.61. The van der Waals surface area contributed by atoms with Gasteiger partial charge < -0.3 is 9.84 Å². The predicted molar refractivity (Wildman–Crippen MR) is 64.4 cm³/mol. The quantitative estimate of drug-likeness (QED) is 0.835. The molecule has 0 bridgehead atoms. The zero-order chi connectivity index (χ0) is 13.8. The first kappa shape index (κ1) is 12.9. The minimum absolute atomic E-state index is 0.176. The standard InChI is InChI=1S/C11H13N5O3/c1-7(11(17)18)6-16-9(13-14-15-16)8-4-3-5-12-10(8)19-2/h3-5,7H,6H2,1-2H3,(H,17,18). The number of rotatable bonds is 5. The van der Waals surface area contributed by atoms with Crippen molar-refractivity contribution in [1.29, 1.82) is 0 Å². The Bertz CT molecular complexity index is 583. The van der Waals surface area contributed by atoms with E-state index in [1.807, 2.05) is 0 Å². The maximum Gasteiger partial charge on any atom is 0.308 e. The van der Waals surface area contributed by atoms with Crippen LogP contribution in [-0.2, 0) is 11.3 Å². The third-order valence-corrected chi connectivity index (χ3v) is 2.61. The van der Waals surface area contributed by atoms with Gasteiger partial charge in [0.15, 0.2) is 5.82 Å². The number of hydrogen-bond donors (Lipinski definition) is 1. The molecular weight excluding hydrogens is 250 g/mol. The fourth-order valence-electron chi connectivity index (χ4n) is 1.58. The first-order valence-electron chi connectivity index (χ1n) is 5.61. The summed E-state index contributed by atoms with van der Waals surface area (Å²) in [6.07, 6.45) is 1.59. The van der Waals surface area contributed by atoms with Crippen molar-refractivity contribution in [2.75, 3.05) is 7.11 Å². The Kier molecular flexibility index (Phi) is 3.69. The molecule has 1 N–H and O–H groups in total. The van der Waals surface area contributed by atoms with Crippen LogP contribution in [0.5, 0.6) is 5.88 Å². The average Bonchev–Trinajstić information content (AvgIpc) is 2.86. The fourth-order valence-corrected chi connectivity index (χ4v) is 1.58. The third-order valence-electron chi connectivity index (χ3n) is 2.61. The summed E-state index contributed by atoms with van der Waals surface area (Å²) in [6.45, 7) is 1.77. The van der Waals surface area contributed by atoms with E-state index < -0.39 is 11.9 Å². The maximum absolute atomic E-state index is 10.9. The van der Waals surface area contributed by atoms with Gasteiger partial charge in [-0.05, 0) is 22.6 Å². The van der Waals surface area contributed by atoms with Crippen LogP contribution in [0.2, 0.25) is 0 Å². The van der Waals surface area contributed by atoms with Gasteiger partial charge in [-0.1, -0.05) is 6.92 Å². The molecule has 0 aliphatic rings. The highest BCUT2D eigenvalue weighted by molar-refractivity contribution is 5.69. The Labute approximate surface area is 109 Å². The number of carbonyl (C=O) groups is 1. The number of carboxylic acids is 1. The lowest BCUT2D eigenvalue weighted by atomic mass is 10.2. The van der Waals surface area contributed by atoms with Crippen LogP contribution in [0.15, 0.2) is 18.3 Å². The van der Waals surface area contributed by atoms with E-state index in [9.17, 15) is 4.79 Å². The summed E-state index contributed by atoms with van der Waals surface area (Å²) in [4.78, 5) is 14.9. The summed E-state index contributed by atoms with van der Waals surface area (Å²) in [6, 6.07) is 3.50. The highest BCUT2D eigenvalue weighted by Crippen LogP contribution is 2.25. The molecule has 1 unspecified atom stereocenters. The van der Waals surface area contributed by atoms with Crippen molar-refractivity contribution in [3.63, 3.8) is 0 Å². The summed E-state index contributed by atoms with van der Waals surface area (Å²) in [7, 11) is 1.50. The van der Waals surface area contributed by atoms with E-state index in [4.69, 9.17) is 9.84 Å². The lowest BCUT2D eigenvalue weighted by Gasteiger charge is -2.09. The van der Waals surface area contributed by atoms with Gasteiger partial charge in [0.25, 0.3) is 0 Å².